The van der Waals surface area contributed by atoms with Crippen molar-refractivity contribution in [1.29, 1.82) is 0 Å². The van der Waals surface area contributed by atoms with Gasteiger partial charge in [-0.15, -0.1) is 0 Å². The summed E-state index contributed by atoms with van der Waals surface area (Å²) in [6.45, 7) is 11.1. The number of hydrogen-bond acceptors (Lipinski definition) is 2. The van der Waals surface area contributed by atoms with Crippen molar-refractivity contribution >= 4 is 12.1 Å². The summed E-state index contributed by atoms with van der Waals surface area (Å²) in [6, 6.07) is -0.895. The number of amides is 4. The van der Waals surface area contributed by atoms with Gasteiger partial charge in [-0.05, 0) is 41.5 Å². The Morgan fingerprint density at radius 2 is 0.938 bits per heavy atom. The van der Waals surface area contributed by atoms with Gasteiger partial charge in [0.05, 0.1) is 0 Å². The van der Waals surface area contributed by atoms with E-state index in [-0.39, 0.29) is 11.1 Å². The minimum Gasteiger partial charge on any atom is -0.332 e. The Hall–Kier alpha value is -1.46. The Morgan fingerprint density at radius 3 is 1.12 bits per heavy atom. The summed E-state index contributed by atoms with van der Waals surface area (Å²) in [6.07, 6.45) is 0. The molecule has 0 saturated carbocycles. The van der Waals surface area contributed by atoms with Crippen LogP contribution < -0.4 is 21.5 Å². The summed E-state index contributed by atoms with van der Waals surface area (Å²) in [4.78, 5) is 22.5. The summed E-state index contributed by atoms with van der Waals surface area (Å²) in [5, 5.41) is 5.29. The molecule has 0 spiro atoms. The molecule has 0 aromatic carbocycles. The summed E-state index contributed by atoms with van der Waals surface area (Å²) < 4.78 is 0. The first-order valence-corrected chi connectivity index (χ1v) is 5.16. The number of rotatable bonds is 0. The van der Waals surface area contributed by atoms with Crippen LogP contribution in [0.2, 0.25) is 0 Å². The number of carbonyl (C=O) groups excluding carboxylic acids is 2. The summed E-state index contributed by atoms with van der Waals surface area (Å²) in [5.41, 5.74) is 3.82. The number of hydrogen-bond donors (Lipinski definition) is 4. The molecule has 0 aliphatic carbocycles. The molecular weight excluding hydrogens is 208 g/mol. The van der Waals surface area contributed by atoms with Crippen LogP contribution in [0.25, 0.3) is 0 Å². The molecule has 0 aliphatic heterocycles. The number of nitrogens with one attached hydrogen (secondary N) is 4. The highest BCUT2D eigenvalue weighted by molar-refractivity contribution is 5.80. The van der Waals surface area contributed by atoms with E-state index in [0.29, 0.717) is 0 Å². The summed E-state index contributed by atoms with van der Waals surface area (Å²) in [5.74, 6) is 0. The second-order valence-electron chi connectivity index (χ2n) is 5.66. The zero-order valence-electron chi connectivity index (χ0n) is 10.8. The first kappa shape index (κ1) is 14.5. The van der Waals surface area contributed by atoms with Crippen LogP contribution in [0.1, 0.15) is 41.5 Å². The number of hydrazine groups is 1. The zero-order valence-corrected chi connectivity index (χ0v) is 10.8. The SMILES string of the molecule is CC(C)(C)NC(=O)NNC(=O)NC(C)(C)C. The normalized spacial score (nSPS) is 11.6. The quantitative estimate of drug-likeness (QED) is 0.470. The minimum atomic E-state index is -0.448. The van der Waals surface area contributed by atoms with Crippen molar-refractivity contribution < 1.29 is 9.59 Å². The number of urea groups is 2. The Kier molecular flexibility index (Phi) is 4.59. The average Bonchev–Trinajstić information content (AvgIpc) is 1.94. The van der Waals surface area contributed by atoms with Gasteiger partial charge in [0.2, 0.25) is 0 Å². The Morgan fingerprint density at radius 1 is 0.688 bits per heavy atom. The molecule has 0 unspecified atom stereocenters. The van der Waals surface area contributed by atoms with Crippen LogP contribution in [-0.4, -0.2) is 23.1 Å². The van der Waals surface area contributed by atoms with E-state index in [1.54, 1.807) is 0 Å². The van der Waals surface area contributed by atoms with Crippen LogP contribution in [0.15, 0.2) is 0 Å². The van der Waals surface area contributed by atoms with Gasteiger partial charge in [0, 0.05) is 11.1 Å². The first-order valence-electron chi connectivity index (χ1n) is 5.16. The second kappa shape index (κ2) is 5.05. The Labute approximate surface area is 96.5 Å². The lowest BCUT2D eigenvalue weighted by Crippen LogP contribution is -2.56. The first-order chi connectivity index (χ1) is 6.99. The van der Waals surface area contributed by atoms with Crippen molar-refractivity contribution in [2.45, 2.75) is 52.6 Å². The molecule has 4 amide bonds. The molecule has 0 bridgehead atoms. The molecular formula is C10H22N4O2. The molecule has 0 heterocycles. The fourth-order valence-corrected chi connectivity index (χ4v) is 0.857. The topological polar surface area (TPSA) is 82.3 Å². The van der Waals surface area contributed by atoms with Crippen molar-refractivity contribution in [3.8, 4) is 0 Å². The van der Waals surface area contributed by atoms with Gasteiger partial charge in [-0.2, -0.15) is 0 Å². The van der Waals surface area contributed by atoms with Crippen LogP contribution in [0.4, 0.5) is 9.59 Å². The third kappa shape index (κ3) is 9.11. The van der Waals surface area contributed by atoms with E-state index >= 15 is 0 Å². The van der Waals surface area contributed by atoms with Gasteiger partial charge < -0.3 is 10.6 Å². The van der Waals surface area contributed by atoms with Crippen molar-refractivity contribution in [1.82, 2.24) is 21.5 Å². The predicted molar refractivity (Wildman–Crippen MR) is 62.8 cm³/mol. The highest BCUT2D eigenvalue weighted by Gasteiger charge is 2.16. The van der Waals surface area contributed by atoms with Crippen molar-refractivity contribution in [2.24, 2.45) is 0 Å². The van der Waals surface area contributed by atoms with E-state index in [1.807, 2.05) is 41.5 Å². The molecule has 0 aromatic rings. The van der Waals surface area contributed by atoms with Gasteiger partial charge in [-0.1, -0.05) is 0 Å². The third-order valence-electron chi connectivity index (χ3n) is 1.27. The molecule has 0 aliphatic rings. The van der Waals surface area contributed by atoms with Gasteiger partial charge in [-0.25, -0.2) is 20.4 Å². The van der Waals surface area contributed by atoms with Crippen molar-refractivity contribution in [2.75, 3.05) is 0 Å². The van der Waals surface area contributed by atoms with Gasteiger partial charge in [-0.3, -0.25) is 0 Å². The Balaban J connectivity index is 3.90. The zero-order chi connectivity index (χ0) is 13.0. The number of carbonyl (C=O) groups is 2. The van der Waals surface area contributed by atoms with Crippen LogP contribution in [-0.2, 0) is 0 Å². The Bertz CT molecular complexity index is 235. The lowest BCUT2D eigenvalue weighted by Gasteiger charge is -2.23. The van der Waals surface area contributed by atoms with Gasteiger partial charge in [0.15, 0.2) is 0 Å². The molecule has 16 heavy (non-hydrogen) atoms. The fourth-order valence-electron chi connectivity index (χ4n) is 0.857. The molecule has 6 heteroatoms. The van der Waals surface area contributed by atoms with Crippen LogP contribution >= 0.6 is 0 Å². The maximum absolute atomic E-state index is 11.3. The van der Waals surface area contributed by atoms with Gasteiger partial charge in [0.1, 0.15) is 0 Å². The predicted octanol–water partition coefficient (Wildman–Crippen LogP) is 1.10. The van der Waals surface area contributed by atoms with Gasteiger partial charge in [0.25, 0.3) is 0 Å². The molecule has 0 fully saturated rings. The largest absolute Gasteiger partial charge is 0.333 e. The van der Waals surface area contributed by atoms with Crippen LogP contribution in [0.5, 0.6) is 0 Å². The second-order valence-corrected chi connectivity index (χ2v) is 5.66. The highest BCUT2D eigenvalue weighted by Crippen LogP contribution is 1.98. The lowest BCUT2D eigenvalue weighted by molar-refractivity contribution is 0.214. The third-order valence-corrected chi connectivity index (χ3v) is 1.27. The van der Waals surface area contributed by atoms with E-state index in [0.717, 1.165) is 0 Å². The van der Waals surface area contributed by atoms with Gasteiger partial charge >= 0.3 is 12.1 Å². The standard InChI is InChI=1S/C10H22N4O2/c1-9(2,3)11-7(15)13-14-8(16)12-10(4,5)6/h1-6H3,(H2,11,13,15)(H2,12,14,16). The molecule has 4 N–H and O–H groups in total. The molecule has 94 valence electrons. The van der Waals surface area contributed by atoms with Crippen molar-refractivity contribution in [3.63, 3.8) is 0 Å². The molecule has 0 radical (unpaired) electrons. The van der Waals surface area contributed by atoms with Crippen molar-refractivity contribution in [3.05, 3.63) is 0 Å². The summed E-state index contributed by atoms with van der Waals surface area (Å²) in [7, 11) is 0. The van der Waals surface area contributed by atoms with E-state index in [2.05, 4.69) is 21.5 Å². The molecule has 6 nitrogen and oxygen atoms in total. The lowest BCUT2D eigenvalue weighted by atomic mass is 10.1. The molecule has 0 rings (SSSR count). The highest BCUT2D eigenvalue weighted by atomic mass is 16.2. The van der Waals surface area contributed by atoms with E-state index in [4.69, 9.17) is 0 Å². The van der Waals surface area contributed by atoms with E-state index in [9.17, 15) is 9.59 Å². The average molecular weight is 230 g/mol. The maximum Gasteiger partial charge on any atom is 0.333 e. The molecule has 0 aromatic heterocycles. The molecule has 0 saturated heterocycles. The maximum atomic E-state index is 11.3. The summed E-state index contributed by atoms with van der Waals surface area (Å²) >= 11 is 0. The monoisotopic (exact) mass is 230 g/mol. The minimum absolute atomic E-state index is 0.341. The molecule has 0 atom stereocenters. The van der Waals surface area contributed by atoms with E-state index < -0.39 is 12.1 Å². The smallest absolute Gasteiger partial charge is 0.332 e. The fraction of sp³-hybridized carbons (Fsp3) is 0.800. The van der Waals surface area contributed by atoms with Crippen LogP contribution in [0.3, 0.4) is 0 Å². The van der Waals surface area contributed by atoms with Crippen LogP contribution in [0, 0.1) is 0 Å². The van der Waals surface area contributed by atoms with E-state index in [1.165, 1.54) is 0 Å².